The lowest BCUT2D eigenvalue weighted by Gasteiger charge is -2.18. The Balaban J connectivity index is 1.64. The van der Waals surface area contributed by atoms with E-state index in [-0.39, 0.29) is 5.75 Å². The van der Waals surface area contributed by atoms with Crippen LogP contribution in [0.1, 0.15) is 16.3 Å². The Morgan fingerprint density at radius 2 is 2.24 bits per heavy atom. The van der Waals surface area contributed by atoms with E-state index in [4.69, 9.17) is 4.74 Å². The van der Waals surface area contributed by atoms with Crippen LogP contribution < -0.4 is 4.74 Å². The molecule has 0 saturated carbocycles. The first-order chi connectivity index (χ1) is 12.2. The average molecular weight is 353 g/mol. The van der Waals surface area contributed by atoms with Crippen LogP contribution in [0.5, 0.6) is 11.5 Å². The van der Waals surface area contributed by atoms with Gasteiger partial charge in [0.25, 0.3) is 0 Å². The first kappa shape index (κ1) is 16.1. The van der Waals surface area contributed by atoms with Gasteiger partial charge in [0.05, 0.1) is 6.54 Å². The Morgan fingerprint density at radius 3 is 3.00 bits per heavy atom. The van der Waals surface area contributed by atoms with Crippen LogP contribution in [0.2, 0.25) is 0 Å². The van der Waals surface area contributed by atoms with Crippen LogP contribution in [0, 0.1) is 6.92 Å². The first-order valence-electron chi connectivity index (χ1n) is 8.21. The molecule has 0 unspecified atom stereocenters. The highest BCUT2D eigenvalue weighted by Crippen LogP contribution is 2.37. The Morgan fingerprint density at radius 1 is 1.32 bits per heavy atom. The van der Waals surface area contributed by atoms with Gasteiger partial charge in [-0.15, -0.1) is 11.3 Å². The van der Waals surface area contributed by atoms with Gasteiger partial charge in [-0.1, -0.05) is 6.07 Å². The van der Waals surface area contributed by atoms with Crippen LogP contribution in [-0.4, -0.2) is 33.1 Å². The molecule has 0 fully saturated rings. The number of rotatable bonds is 3. The number of benzene rings is 1. The number of aromatic nitrogens is 2. The summed E-state index contributed by atoms with van der Waals surface area (Å²) in [5.41, 5.74) is 3.97. The van der Waals surface area contributed by atoms with Crippen molar-refractivity contribution in [1.29, 1.82) is 0 Å². The summed E-state index contributed by atoms with van der Waals surface area (Å²) in [5, 5.41) is 13.6. The minimum absolute atomic E-state index is 0.184. The fraction of sp³-hybridized carbons (Fsp3) is 0.263. The van der Waals surface area contributed by atoms with Crippen LogP contribution in [0.4, 0.5) is 0 Å². The number of aromatic hydroxyl groups is 1. The largest absolute Gasteiger partial charge is 0.504 e. The van der Waals surface area contributed by atoms with E-state index in [1.165, 1.54) is 0 Å². The molecule has 0 bridgehead atoms. The third kappa shape index (κ3) is 3.50. The van der Waals surface area contributed by atoms with Crippen molar-refractivity contribution in [2.75, 3.05) is 13.2 Å². The topological polar surface area (TPSA) is 58.5 Å². The van der Waals surface area contributed by atoms with E-state index >= 15 is 0 Å². The van der Waals surface area contributed by atoms with E-state index < -0.39 is 0 Å². The molecule has 1 aromatic carbocycles. The second-order valence-corrected chi connectivity index (χ2v) is 7.11. The highest BCUT2D eigenvalue weighted by Gasteiger charge is 2.20. The molecule has 3 heterocycles. The quantitative estimate of drug-likeness (QED) is 0.779. The van der Waals surface area contributed by atoms with Crippen LogP contribution >= 0.6 is 11.3 Å². The molecule has 0 spiro atoms. The van der Waals surface area contributed by atoms with E-state index in [2.05, 4.69) is 26.3 Å². The van der Waals surface area contributed by atoms with Crippen molar-refractivity contribution in [2.45, 2.75) is 20.0 Å². The third-order valence-electron chi connectivity index (χ3n) is 4.21. The number of nitrogens with zero attached hydrogens (tertiary/aromatic N) is 3. The molecule has 2 aromatic heterocycles. The minimum Gasteiger partial charge on any atom is -0.504 e. The lowest BCUT2D eigenvalue weighted by molar-refractivity contribution is 0.217. The maximum Gasteiger partial charge on any atom is 0.165 e. The van der Waals surface area contributed by atoms with Gasteiger partial charge in [0.2, 0.25) is 0 Å². The zero-order chi connectivity index (χ0) is 17.2. The van der Waals surface area contributed by atoms with Gasteiger partial charge in [-0.25, -0.2) is 4.98 Å². The van der Waals surface area contributed by atoms with Gasteiger partial charge in [0, 0.05) is 47.7 Å². The molecule has 0 amide bonds. The zero-order valence-corrected chi connectivity index (χ0v) is 14.8. The molecule has 4 rings (SSSR count). The predicted octanol–water partition coefficient (Wildman–Crippen LogP) is 3.61. The lowest BCUT2D eigenvalue weighted by atomic mass is 10.0. The second-order valence-electron chi connectivity index (χ2n) is 6.17. The van der Waals surface area contributed by atoms with Crippen molar-refractivity contribution in [3.63, 3.8) is 0 Å². The van der Waals surface area contributed by atoms with Crippen molar-refractivity contribution in [3.05, 3.63) is 58.3 Å². The molecule has 1 aliphatic heterocycles. The van der Waals surface area contributed by atoms with E-state index in [1.807, 2.05) is 19.1 Å². The van der Waals surface area contributed by atoms with Crippen molar-refractivity contribution in [3.8, 4) is 22.6 Å². The smallest absolute Gasteiger partial charge is 0.165 e. The fourth-order valence-corrected chi connectivity index (χ4v) is 3.87. The number of pyridine rings is 1. The van der Waals surface area contributed by atoms with Crippen LogP contribution in [0.25, 0.3) is 11.1 Å². The first-order valence-corrected chi connectivity index (χ1v) is 9.09. The normalized spacial score (nSPS) is 14.6. The molecule has 0 radical (unpaired) electrons. The summed E-state index contributed by atoms with van der Waals surface area (Å²) in [6.45, 7) is 4.87. The number of phenolic OH excluding ortho intramolecular Hbond substituents is 1. The third-order valence-corrected chi connectivity index (χ3v) is 5.17. The SMILES string of the molecule is Cc1csc(CN2CCOc3c(O)cc(-c4cccnc4)cc3C2)n1. The predicted molar refractivity (Wildman–Crippen MR) is 97.8 cm³/mol. The Bertz CT molecular complexity index is 880. The van der Waals surface area contributed by atoms with Crippen molar-refractivity contribution < 1.29 is 9.84 Å². The molecule has 5 nitrogen and oxygen atoms in total. The average Bonchev–Trinajstić information content (AvgIpc) is 2.90. The Hall–Kier alpha value is -2.44. The molecular formula is C19H19N3O2S. The number of ether oxygens (including phenoxy) is 1. The van der Waals surface area contributed by atoms with Crippen molar-refractivity contribution >= 4 is 11.3 Å². The van der Waals surface area contributed by atoms with Gasteiger partial charge in [0.1, 0.15) is 11.6 Å². The monoisotopic (exact) mass is 353 g/mol. The van der Waals surface area contributed by atoms with E-state index in [0.29, 0.717) is 12.4 Å². The highest BCUT2D eigenvalue weighted by molar-refractivity contribution is 7.09. The summed E-state index contributed by atoms with van der Waals surface area (Å²) in [6.07, 6.45) is 3.54. The summed E-state index contributed by atoms with van der Waals surface area (Å²) in [5.74, 6) is 0.772. The van der Waals surface area contributed by atoms with E-state index in [0.717, 1.165) is 47.0 Å². The highest BCUT2D eigenvalue weighted by atomic mass is 32.1. The molecule has 6 heteroatoms. The molecule has 128 valence electrons. The number of thiazole rings is 1. The maximum atomic E-state index is 10.4. The van der Waals surface area contributed by atoms with Crippen molar-refractivity contribution in [2.24, 2.45) is 0 Å². The van der Waals surface area contributed by atoms with Gasteiger partial charge >= 0.3 is 0 Å². The lowest BCUT2D eigenvalue weighted by Crippen LogP contribution is -2.25. The van der Waals surface area contributed by atoms with E-state index in [1.54, 1.807) is 29.8 Å². The number of fused-ring (bicyclic) bond motifs is 1. The van der Waals surface area contributed by atoms with Crippen LogP contribution in [-0.2, 0) is 13.1 Å². The summed E-state index contributed by atoms with van der Waals surface area (Å²) in [6, 6.07) is 7.71. The number of hydrogen-bond donors (Lipinski definition) is 1. The molecule has 1 aliphatic rings. The molecule has 3 aromatic rings. The van der Waals surface area contributed by atoms with Crippen LogP contribution in [0.3, 0.4) is 0 Å². The number of phenols is 1. The molecule has 0 atom stereocenters. The summed E-state index contributed by atoms with van der Waals surface area (Å²) < 4.78 is 5.82. The van der Waals surface area contributed by atoms with Gasteiger partial charge < -0.3 is 9.84 Å². The van der Waals surface area contributed by atoms with E-state index in [9.17, 15) is 5.11 Å². The summed E-state index contributed by atoms with van der Waals surface area (Å²) in [4.78, 5) is 11.0. The summed E-state index contributed by atoms with van der Waals surface area (Å²) in [7, 11) is 0. The number of aryl methyl sites for hydroxylation is 1. The summed E-state index contributed by atoms with van der Waals surface area (Å²) >= 11 is 1.68. The second kappa shape index (κ2) is 6.82. The Kier molecular flexibility index (Phi) is 4.38. The van der Waals surface area contributed by atoms with Gasteiger partial charge in [-0.2, -0.15) is 0 Å². The fourth-order valence-electron chi connectivity index (χ4n) is 3.05. The standard InChI is InChI=1S/C19H19N3O2S/c1-13-12-25-18(21-13)11-22-5-6-24-19-16(10-22)7-15(8-17(19)23)14-3-2-4-20-9-14/h2-4,7-9,12,23H,5-6,10-11H2,1H3. The van der Waals surface area contributed by atoms with Gasteiger partial charge in [0.15, 0.2) is 11.5 Å². The minimum atomic E-state index is 0.184. The maximum absolute atomic E-state index is 10.4. The molecule has 0 saturated heterocycles. The van der Waals surface area contributed by atoms with Crippen LogP contribution in [0.15, 0.2) is 42.0 Å². The molecular weight excluding hydrogens is 334 g/mol. The van der Waals surface area contributed by atoms with Gasteiger partial charge in [-0.3, -0.25) is 9.88 Å². The van der Waals surface area contributed by atoms with Gasteiger partial charge in [-0.05, 0) is 30.7 Å². The molecule has 25 heavy (non-hydrogen) atoms. The molecule has 1 N–H and O–H groups in total. The molecule has 0 aliphatic carbocycles. The van der Waals surface area contributed by atoms with Crippen molar-refractivity contribution in [1.82, 2.24) is 14.9 Å². The number of hydrogen-bond acceptors (Lipinski definition) is 6. The Labute approximate surface area is 150 Å². The zero-order valence-electron chi connectivity index (χ0n) is 14.0.